The minimum absolute atomic E-state index is 0.00418. The van der Waals surface area contributed by atoms with Crippen molar-refractivity contribution in [3.63, 3.8) is 0 Å². The predicted octanol–water partition coefficient (Wildman–Crippen LogP) is 0.988. The smallest absolute Gasteiger partial charge is 0.239 e. The van der Waals surface area contributed by atoms with Crippen molar-refractivity contribution in [2.45, 2.75) is 25.4 Å². The number of likely N-dealkylation sites (tertiary alicyclic amines) is 1. The average Bonchev–Trinajstić information content (AvgIpc) is 2.48. The zero-order valence-corrected chi connectivity index (χ0v) is 11.7. The van der Waals surface area contributed by atoms with Crippen LogP contribution in [0.15, 0.2) is 24.3 Å². The van der Waals surface area contributed by atoms with Crippen molar-refractivity contribution in [1.82, 2.24) is 10.2 Å². The van der Waals surface area contributed by atoms with Crippen LogP contribution in [0.1, 0.15) is 30.9 Å². The molecule has 1 unspecified atom stereocenters. The Morgan fingerprint density at radius 3 is 2.71 bits per heavy atom. The van der Waals surface area contributed by atoms with E-state index in [1.54, 1.807) is 0 Å². The van der Waals surface area contributed by atoms with Crippen molar-refractivity contribution < 1.29 is 19.1 Å². The fourth-order valence-corrected chi connectivity index (χ4v) is 2.27. The molecular formula is C15H19FN2O3. The lowest BCUT2D eigenvalue weighted by Crippen LogP contribution is -2.43. The Hall–Kier alpha value is -1.95. The first-order valence-electron chi connectivity index (χ1n) is 7.04. The second-order valence-corrected chi connectivity index (χ2v) is 5.14. The Labute approximate surface area is 122 Å². The summed E-state index contributed by atoms with van der Waals surface area (Å²) in [4.78, 5) is 24.9. The molecule has 0 saturated carbocycles. The van der Waals surface area contributed by atoms with E-state index in [-0.39, 0.29) is 30.7 Å². The number of halogens is 1. The van der Waals surface area contributed by atoms with Gasteiger partial charge in [0.25, 0.3) is 0 Å². The molecule has 5 nitrogen and oxygen atoms in total. The first kappa shape index (κ1) is 15.4. The molecule has 0 aromatic heterocycles. The second-order valence-electron chi connectivity index (χ2n) is 5.14. The molecule has 0 bridgehead atoms. The molecule has 0 spiro atoms. The number of nitrogens with zero attached hydrogens (tertiary/aromatic N) is 1. The first-order chi connectivity index (χ1) is 10.1. The van der Waals surface area contributed by atoms with Crippen LogP contribution in [0.25, 0.3) is 0 Å². The molecule has 2 amide bonds. The molecule has 1 heterocycles. The fraction of sp³-hybridized carbons (Fsp3) is 0.467. The van der Waals surface area contributed by atoms with Crippen LogP contribution in [0.3, 0.4) is 0 Å². The van der Waals surface area contributed by atoms with Crippen molar-refractivity contribution >= 4 is 11.8 Å². The molecule has 1 aliphatic rings. The SMILES string of the molecule is O=C(CN1CCCCC1=O)NCC(O)c1ccc(F)cc1. The van der Waals surface area contributed by atoms with E-state index < -0.39 is 6.10 Å². The van der Waals surface area contributed by atoms with E-state index in [2.05, 4.69) is 5.32 Å². The summed E-state index contributed by atoms with van der Waals surface area (Å²) in [7, 11) is 0. The maximum absolute atomic E-state index is 12.8. The maximum Gasteiger partial charge on any atom is 0.239 e. The lowest BCUT2D eigenvalue weighted by molar-refractivity contribution is -0.137. The number of amides is 2. The molecule has 2 N–H and O–H groups in total. The van der Waals surface area contributed by atoms with Crippen molar-refractivity contribution in [2.24, 2.45) is 0 Å². The van der Waals surface area contributed by atoms with Gasteiger partial charge in [0.2, 0.25) is 11.8 Å². The highest BCUT2D eigenvalue weighted by atomic mass is 19.1. The highest BCUT2D eigenvalue weighted by Gasteiger charge is 2.20. The molecule has 0 aliphatic carbocycles. The van der Waals surface area contributed by atoms with Gasteiger partial charge in [-0.05, 0) is 30.5 Å². The number of nitrogens with one attached hydrogen (secondary N) is 1. The summed E-state index contributed by atoms with van der Waals surface area (Å²) in [5.41, 5.74) is 0.533. The molecule has 1 saturated heterocycles. The minimum atomic E-state index is -0.897. The Balaban J connectivity index is 1.78. The van der Waals surface area contributed by atoms with Gasteiger partial charge < -0.3 is 15.3 Å². The normalized spacial score (nSPS) is 16.7. The van der Waals surface area contributed by atoms with Gasteiger partial charge in [0.05, 0.1) is 12.6 Å². The van der Waals surface area contributed by atoms with Crippen LogP contribution in [0, 0.1) is 5.82 Å². The number of hydrogen-bond acceptors (Lipinski definition) is 3. The molecule has 1 aromatic carbocycles. The van der Waals surface area contributed by atoms with Crippen molar-refractivity contribution in [3.05, 3.63) is 35.6 Å². The Morgan fingerprint density at radius 2 is 2.05 bits per heavy atom. The molecular weight excluding hydrogens is 275 g/mol. The third-order valence-corrected chi connectivity index (χ3v) is 3.50. The van der Waals surface area contributed by atoms with Gasteiger partial charge in [-0.3, -0.25) is 9.59 Å². The Morgan fingerprint density at radius 1 is 1.33 bits per heavy atom. The highest BCUT2D eigenvalue weighted by Crippen LogP contribution is 2.13. The van der Waals surface area contributed by atoms with Crippen LogP contribution in [-0.4, -0.2) is 41.5 Å². The zero-order chi connectivity index (χ0) is 15.2. The van der Waals surface area contributed by atoms with E-state index in [0.29, 0.717) is 18.5 Å². The molecule has 21 heavy (non-hydrogen) atoms. The quantitative estimate of drug-likeness (QED) is 0.851. The molecule has 1 aromatic rings. The van der Waals surface area contributed by atoms with Gasteiger partial charge >= 0.3 is 0 Å². The molecule has 2 rings (SSSR count). The molecule has 114 valence electrons. The summed E-state index contributed by atoms with van der Waals surface area (Å²) < 4.78 is 12.8. The van der Waals surface area contributed by atoms with Crippen molar-refractivity contribution in [3.8, 4) is 0 Å². The largest absolute Gasteiger partial charge is 0.387 e. The first-order valence-corrected chi connectivity index (χ1v) is 7.04. The van der Waals surface area contributed by atoms with E-state index in [9.17, 15) is 19.1 Å². The third-order valence-electron chi connectivity index (χ3n) is 3.50. The van der Waals surface area contributed by atoms with Gasteiger partial charge in [-0.2, -0.15) is 0 Å². The molecule has 1 fully saturated rings. The lowest BCUT2D eigenvalue weighted by Gasteiger charge is -2.26. The van der Waals surface area contributed by atoms with Crippen LogP contribution >= 0.6 is 0 Å². The number of piperidine rings is 1. The van der Waals surface area contributed by atoms with Crippen LogP contribution < -0.4 is 5.32 Å². The summed E-state index contributed by atoms with van der Waals surface area (Å²) in [5.74, 6) is -0.680. The van der Waals surface area contributed by atoms with Crippen LogP contribution in [-0.2, 0) is 9.59 Å². The number of carbonyl (C=O) groups excluding carboxylic acids is 2. The third kappa shape index (κ3) is 4.53. The van der Waals surface area contributed by atoms with Crippen LogP contribution in [0.2, 0.25) is 0 Å². The summed E-state index contributed by atoms with van der Waals surface area (Å²) in [5, 5.41) is 12.5. The van der Waals surface area contributed by atoms with Gasteiger partial charge in [0.1, 0.15) is 5.82 Å². The van der Waals surface area contributed by atoms with Crippen LogP contribution in [0.5, 0.6) is 0 Å². The second kappa shape index (κ2) is 7.17. The summed E-state index contributed by atoms with van der Waals surface area (Å²) in [6.07, 6.45) is 1.38. The number of rotatable bonds is 5. The maximum atomic E-state index is 12.8. The predicted molar refractivity (Wildman–Crippen MR) is 74.8 cm³/mol. The zero-order valence-electron chi connectivity index (χ0n) is 11.7. The summed E-state index contributed by atoms with van der Waals surface area (Å²) in [6.45, 7) is 0.661. The molecule has 1 atom stereocenters. The van der Waals surface area contributed by atoms with E-state index in [1.165, 1.54) is 29.2 Å². The monoisotopic (exact) mass is 294 g/mol. The number of carbonyl (C=O) groups is 2. The van der Waals surface area contributed by atoms with Crippen molar-refractivity contribution in [1.29, 1.82) is 0 Å². The highest BCUT2D eigenvalue weighted by molar-refractivity contribution is 5.85. The van der Waals surface area contributed by atoms with Crippen molar-refractivity contribution in [2.75, 3.05) is 19.6 Å². The Kier molecular flexibility index (Phi) is 5.27. The van der Waals surface area contributed by atoms with Gasteiger partial charge in [-0.15, -0.1) is 0 Å². The fourth-order valence-electron chi connectivity index (χ4n) is 2.27. The van der Waals surface area contributed by atoms with E-state index in [1.807, 2.05) is 0 Å². The Bertz CT molecular complexity index is 504. The number of benzene rings is 1. The minimum Gasteiger partial charge on any atom is -0.387 e. The lowest BCUT2D eigenvalue weighted by atomic mass is 10.1. The average molecular weight is 294 g/mol. The topological polar surface area (TPSA) is 69.6 Å². The number of aliphatic hydroxyl groups is 1. The number of hydrogen-bond donors (Lipinski definition) is 2. The molecule has 6 heteroatoms. The molecule has 0 radical (unpaired) electrons. The standard InChI is InChI=1S/C15H19FN2O3/c16-12-6-4-11(5-7-12)13(19)9-17-14(20)10-18-8-2-1-3-15(18)21/h4-7,13,19H,1-3,8-10H2,(H,17,20). The summed E-state index contributed by atoms with van der Waals surface area (Å²) in [6, 6.07) is 5.46. The van der Waals surface area contributed by atoms with Gasteiger partial charge in [0, 0.05) is 19.5 Å². The van der Waals surface area contributed by atoms with E-state index in [4.69, 9.17) is 0 Å². The van der Waals surface area contributed by atoms with Gasteiger partial charge in [-0.1, -0.05) is 12.1 Å². The van der Waals surface area contributed by atoms with E-state index in [0.717, 1.165) is 12.8 Å². The van der Waals surface area contributed by atoms with Gasteiger partial charge in [-0.25, -0.2) is 4.39 Å². The van der Waals surface area contributed by atoms with Gasteiger partial charge in [0.15, 0.2) is 0 Å². The molecule has 1 aliphatic heterocycles. The summed E-state index contributed by atoms with van der Waals surface area (Å²) >= 11 is 0. The number of aliphatic hydroxyl groups excluding tert-OH is 1. The van der Waals surface area contributed by atoms with E-state index >= 15 is 0 Å². The van der Waals surface area contributed by atoms with Crippen LogP contribution in [0.4, 0.5) is 4.39 Å².